The van der Waals surface area contributed by atoms with Gasteiger partial charge in [0.25, 0.3) is 5.91 Å². The lowest BCUT2D eigenvalue weighted by Crippen LogP contribution is -2.22. The highest BCUT2D eigenvalue weighted by molar-refractivity contribution is 5.94. The smallest absolute Gasteiger partial charge is 0.251 e. The van der Waals surface area contributed by atoms with E-state index < -0.39 is 0 Å². The van der Waals surface area contributed by atoms with Crippen LogP contribution in [-0.2, 0) is 6.54 Å². The molecule has 7 nitrogen and oxygen atoms in total. The van der Waals surface area contributed by atoms with Crippen LogP contribution < -0.4 is 19.5 Å². The molecule has 2 heterocycles. The van der Waals surface area contributed by atoms with Gasteiger partial charge in [-0.3, -0.25) is 4.79 Å². The number of ether oxygens (including phenoxy) is 3. The van der Waals surface area contributed by atoms with Crippen LogP contribution in [0.4, 0.5) is 0 Å². The van der Waals surface area contributed by atoms with Crippen LogP contribution in [-0.4, -0.2) is 24.5 Å². The van der Waals surface area contributed by atoms with Crippen molar-refractivity contribution in [3.63, 3.8) is 0 Å². The molecule has 29 heavy (non-hydrogen) atoms. The highest BCUT2D eigenvalue weighted by atomic mass is 16.7. The van der Waals surface area contributed by atoms with Crippen molar-refractivity contribution >= 4 is 5.91 Å². The number of amides is 1. The van der Waals surface area contributed by atoms with Gasteiger partial charge in [-0.1, -0.05) is 18.5 Å². The Kier molecular flexibility index (Phi) is 5.65. The van der Waals surface area contributed by atoms with E-state index in [1.165, 1.54) is 0 Å². The number of nitrogens with zero attached hydrogens (tertiary/aromatic N) is 1. The summed E-state index contributed by atoms with van der Waals surface area (Å²) >= 11 is 0. The molecule has 1 aliphatic rings. The fraction of sp³-hybridized carbons (Fsp3) is 0.273. The maximum atomic E-state index is 12.4. The zero-order valence-electron chi connectivity index (χ0n) is 16.1. The maximum absolute atomic E-state index is 12.4. The second-order valence-corrected chi connectivity index (χ2v) is 6.66. The first kappa shape index (κ1) is 18.9. The average Bonchev–Trinajstić information content (AvgIpc) is 3.41. The highest BCUT2D eigenvalue weighted by Crippen LogP contribution is 2.36. The molecule has 4 rings (SSSR count). The van der Waals surface area contributed by atoms with E-state index in [9.17, 15) is 4.79 Å². The van der Waals surface area contributed by atoms with Gasteiger partial charge in [0.1, 0.15) is 11.4 Å². The molecular formula is C22H22N2O5. The number of carbonyl (C=O) groups excluding carboxylic acids is 1. The quantitative estimate of drug-likeness (QED) is 0.577. The zero-order valence-corrected chi connectivity index (χ0v) is 16.1. The lowest BCUT2D eigenvalue weighted by molar-refractivity contribution is 0.0950. The summed E-state index contributed by atoms with van der Waals surface area (Å²) in [5.74, 6) is 2.57. The molecule has 1 aliphatic heterocycles. The molecule has 0 unspecified atom stereocenters. The Labute approximate surface area is 168 Å². The summed E-state index contributed by atoms with van der Waals surface area (Å²) in [5, 5.41) is 6.87. The van der Waals surface area contributed by atoms with Crippen LogP contribution in [0.5, 0.6) is 17.2 Å². The van der Waals surface area contributed by atoms with E-state index in [1.807, 2.05) is 18.2 Å². The van der Waals surface area contributed by atoms with Gasteiger partial charge in [-0.15, -0.1) is 0 Å². The van der Waals surface area contributed by atoms with Crippen LogP contribution in [0.2, 0.25) is 0 Å². The zero-order chi connectivity index (χ0) is 20.1. The minimum Gasteiger partial charge on any atom is -0.494 e. The number of aromatic nitrogens is 1. The number of nitrogens with one attached hydrogen (secondary N) is 1. The summed E-state index contributed by atoms with van der Waals surface area (Å²) < 4.78 is 21.7. The van der Waals surface area contributed by atoms with Crippen molar-refractivity contribution in [1.82, 2.24) is 10.5 Å². The van der Waals surface area contributed by atoms with E-state index in [1.54, 1.807) is 30.3 Å². The lowest BCUT2D eigenvalue weighted by atomic mass is 10.1. The van der Waals surface area contributed by atoms with Crippen LogP contribution in [0.25, 0.3) is 11.3 Å². The summed E-state index contributed by atoms with van der Waals surface area (Å²) in [6, 6.07) is 14.4. The van der Waals surface area contributed by atoms with Gasteiger partial charge in [-0.05, 0) is 48.9 Å². The molecular weight excluding hydrogens is 372 g/mol. The van der Waals surface area contributed by atoms with Crippen LogP contribution >= 0.6 is 0 Å². The second kappa shape index (κ2) is 8.68. The van der Waals surface area contributed by atoms with Crippen molar-refractivity contribution in [1.29, 1.82) is 0 Å². The summed E-state index contributed by atoms with van der Waals surface area (Å²) in [6.45, 7) is 3.28. The third-order valence-corrected chi connectivity index (χ3v) is 4.53. The predicted molar refractivity (Wildman–Crippen MR) is 106 cm³/mol. The molecule has 0 saturated heterocycles. The Morgan fingerprint density at radius 3 is 2.76 bits per heavy atom. The molecule has 0 aliphatic carbocycles. The first-order valence-corrected chi connectivity index (χ1v) is 9.59. The largest absolute Gasteiger partial charge is 0.494 e. The maximum Gasteiger partial charge on any atom is 0.251 e. The number of benzene rings is 2. The van der Waals surface area contributed by atoms with E-state index in [-0.39, 0.29) is 19.2 Å². The fourth-order valence-electron chi connectivity index (χ4n) is 2.89. The number of carbonyl (C=O) groups is 1. The Bertz CT molecular complexity index is 981. The Hall–Kier alpha value is -3.48. The monoisotopic (exact) mass is 394 g/mol. The summed E-state index contributed by atoms with van der Waals surface area (Å²) in [4.78, 5) is 12.4. The van der Waals surface area contributed by atoms with E-state index in [4.69, 9.17) is 18.7 Å². The topological polar surface area (TPSA) is 82.8 Å². The Morgan fingerprint density at radius 2 is 1.93 bits per heavy atom. The molecule has 2 aromatic carbocycles. The van der Waals surface area contributed by atoms with Gasteiger partial charge >= 0.3 is 0 Å². The molecule has 0 saturated carbocycles. The predicted octanol–water partition coefficient (Wildman–Crippen LogP) is 4.18. The highest BCUT2D eigenvalue weighted by Gasteiger charge is 2.16. The molecule has 3 aromatic rings. The van der Waals surface area contributed by atoms with E-state index in [2.05, 4.69) is 17.4 Å². The molecule has 1 amide bonds. The van der Waals surface area contributed by atoms with Gasteiger partial charge in [0, 0.05) is 17.2 Å². The van der Waals surface area contributed by atoms with Crippen molar-refractivity contribution in [2.24, 2.45) is 0 Å². The van der Waals surface area contributed by atoms with E-state index in [0.717, 1.165) is 24.2 Å². The third-order valence-electron chi connectivity index (χ3n) is 4.53. The fourth-order valence-corrected chi connectivity index (χ4v) is 2.89. The van der Waals surface area contributed by atoms with E-state index in [0.29, 0.717) is 35.1 Å². The molecule has 1 N–H and O–H groups in total. The Balaban J connectivity index is 1.33. The number of hydrogen-bond donors (Lipinski definition) is 1. The third kappa shape index (κ3) is 4.51. The number of fused-ring (bicyclic) bond motifs is 1. The van der Waals surface area contributed by atoms with Gasteiger partial charge in [-0.2, -0.15) is 0 Å². The summed E-state index contributed by atoms with van der Waals surface area (Å²) in [5.41, 5.74) is 2.02. The molecule has 0 atom stereocenters. The van der Waals surface area contributed by atoms with Gasteiger partial charge in [0.15, 0.2) is 17.3 Å². The standard InChI is InChI=1S/C22H22N2O5/c1-2-3-10-26-18-7-4-15(5-8-18)22(25)23-13-17-12-20(29-24-17)16-6-9-19-21(11-16)28-14-27-19/h4-9,11-12H,2-3,10,13-14H2,1H3,(H,23,25). The lowest BCUT2D eigenvalue weighted by Gasteiger charge is -2.07. The van der Waals surface area contributed by atoms with Gasteiger partial charge < -0.3 is 24.1 Å². The van der Waals surface area contributed by atoms with Crippen molar-refractivity contribution in [2.75, 3.05) is 13.4 Å². The van der Waals surface area contributed by atoms with Crippen molar-refractivity contribution in [3.05, 3.63) is 59.8 Å². The van der Waals surface area contributed by atoms with Gasteiger partial charge in [0.05, 0.1) is 13.2 Å². The van der Waals surface area contributed by atoms with Crippen LogP contribution in [0.1, 0.15) is 35.8 Å². The number of rotatable bonds is 8. The molecule has 1 aromatic heterocycles. The molecule has 0 bridgehead atoms. The van der Waals surface area contributed by atoms with Gasteiger partial charge in [-0.25, -0.2) is 0 Å². The van der Waals surface area contributed by atoms with Crippen molar-refractivity contribution in [2.45, 2.75) is 26.3 Å². The van der Waals surface area contributed by atoms with Crippen LogP contribution in [0.15, 0.2) is 53.1 Å². The van der Waals surface area contributed by atoms with Crippen molar-refractivity contribution in [3.8, 4) is 28.6 Å². The van der Waals surface area contributed by atoms with Crippen LogP contribution in [0, 0.1) is 0 Å². The second-order valence-electron chi connectivity index (χ2n) is 6.66. The van der Waals surface area contributed by atoms with Crippen molar-refractivity contribution < 1.29 is 23.5 Å². The average molecular weight is 394 g/mol. The molecule has 0 spiro atoms. The number of unbranched alkanes of at least 4 members (excludes halogenated alkanes) is 1. The normalized spacial score (nSPS) is 12.0. The summed E-state index contributed by atoms with van der Waals surface area (Å²) in [7, 11) is 0. The Morgan fingerprint density at radius 1 is 1.10 bits per heavy atom. The number of hydrogen-bond acceptors (Lipinski definition) is 6. The van der Waals surface area contributed by atoms with E-state index >= 15 is 0 Å². The first-order valence-electron chi connectivity index (χ1n) is 9.59. The molecule has 150 valence electrons. The molecule has 7 heteroatoms. The van der Waals surface area contributed by atoms with Gasteiger partial charge in [0.2, 0.25) is 6.79 Å². The molecule has 0 fully saturated rings. The SMILES string of the molecule is CCCCOc1ccc(C(=O)NCc2cc(-c3ccc4c(c3)OCO4)on2)cc1. The minimum absolute atomic E-state index is 0.183. The van der Waals surface area contributed by atoms with Crippen LogP contribution in [0.3, 0.4) is 0 Å². The first-order chi connectivity index (χ1) is 14.2. The molecule has 0 radical (unpaired) electrons. The summed E-state index contributed by atoms with van der Waals surface area (Å²) in [6.07, 6.45) is 2.09. The minimum atomic E-state index is -0.183.